The topological polar surface area (TPSA) is 115 Å². The van der Waals surface area contributed by atoms with Crippen LogP contribution in [-0.4, -0.2) is 55.6 Å². The second kappa shape index (κ2) is 12.6. The first-order chi connectivity index (χ1) is 19.7. The van der Waals surface area contributed by atoms with Crippen LogP contribution in [0.5, 0.6) is 5.75 Å². The lowest BCUT2D eigenvalue weighted by Gasteiger charge is -2.39. The van der Waals surface area contributed by atoms with Gasteiger partial charge in [-0.1, -0.05) is 29.8 Å². The van der Waals surface area contributed by atoms with Crippen molar-refractivity contribution >= 4 is 33.6 Å². The molecule has 1 aliphatic rings. The van der Waals surface area contributed by atoms with Crippen LogP contribution in [0.15, 0.2) is 65.7 Å². The molecule has 9 nitrogen and oxygen atoms in total. The molecule has 1 N–H and O–H groups in total. The van der Waals surface area contributed by atoms with E-state index in [1.807, 2.05) is 12.1 Å². The van der Waals surface area contributed by atoms with E-state index in [0.717, 1.165) is 5.56 Å². The third kappa shape index (κ3) is 7.74. The highest BCUT2D eigenvalue weighted by atomic mass is 35.5. The number of benzene rings is 2. The van der Waals surface area contributed by atoms with Gasteiger partial charge < -0.3 is 14.4 Å². The normalized spacial score (nSPS) is 17.4. The standard InChI is InChI=1S/C29H30ClF2N3O6S/c1-29(2,3)41-28(37)35-13-11-21(18-7-9-20(30)10-8-18)19(16-35)17-40-25-14-23(32)26(15-22(25)31)42(38,39)34-27(36)24-6-4-5-12-33-24/h4-10,12,14-15,19,21H,11,13,16-17H2,1-3H3,(H,34,36). The molecule has 13 heteroatoms. The molecule has 2 heterocycles. The lowest BCUT2D eigenvalue weighted by molar-refractivity contribution is 0.0110. The van der Waals surface area contributed by atoms with Gasteiger partial charge in [0.1, 0.15) is 22.0 Å². The summed E-state index contributed by atoms with van der Waals surface area (Å²) in [7, 11) is -4.77. The zero-order chi connectivity index (χ0) is 30.7. The number of rotatable bonds is 7. The van der Waals surface area contributed by atoms with E-state index in [9.17, 15) is 22.4 Å². The molecule has 224 valence electrons. The number of halogens is 3. The van der Waals surface area contributed by atoms with E-state index in [-0.39, 0.29) is 30.7 Å². The lowest BCUT2D eigenvalue weighted by Crippen LogP contribution is -2.46. The number of carbonyl (C=O) groups is 2. The van der Waals surface area contributed by atoms with E-state index in [1.54, 1.807) is 42.5 Å². The van der Waals surface area contributed by atoms with Crippen LogP contribution in [-0.2, 0) is 14.8 Å². The minimum absolute atomic E-state index is 0.102. The summed E-state index contributed by atoms with van der Waals surface area (Å²) in [4.78, 5) is 29.2. The van der Waals surface area contributed by atoms with Crippen LogP contribution in [0.2, 0.25) is 5.02 Å². The Kier molecular flexibility index (Phi) is 9.37. The van der Waals surface area contributed by atoms with Gasteiger partial charge in [-0.15, -0.1) is 0 Å². The van der Waals surface area contributed by atoms with Gasteiger partial charge >= 0.3 is 6.09 Å². The molecule has 2 unspecified atom stereocenters. The maximum Gasteiger partial charge on any atom is 0.410 e. The number of sulfonamides is 1. The molecule has 2 amide bonds. The van der Waals surface area contributed by atoms with Gasteiger partial charge in [0.15, 0.2) is 11.6 Å². The number of hydrogen-bond donors (Lipinski definition) is 1. The summed E-state index contributed by atoms with van der Waals surface area (Å²) < 4.78 is 68.2. The molecule has 0 saturated carbocycles. The largest absolute Gasteiger partial charge is 0.490 e. The number of likely N-dealkylation sites (tertiary alicyclic amines) is 1. The van der Waals surface area contributed by atoms with Gasteiger partial charge in [0.25, 0.3) is 15.9 Å². The Bertz CT molecular complexity index is 1550. The van der Waals surface area contributed by atoms with E-state index in [2.05, 4.69) is 4.98 Å². The van der Waals surface area contributed by atoms with Crippen LogP contribution in [0.1, 0.15) is 49.2 Å². The lowest BCUT2D eigenvalue weighted by atomic mass is 9.81. The van der Waals surface area contributed by atoms with Gasteiger partial charge in [0, 0.05) is 42.4 Å². The number of carbonyl (C=O) groups excluding carboxylic acids is 2. The second-order valence-electron chi connectivity index (χ2n) is 10.8. The maximum atomic E-state index is 15.0. The fourth-order valence-electron chi connectivity index (χ4n) is 4.59. The molecule has 4 rings (SSSR count). The molecule has 1 fully saturated rings. The van der Waals surface area contributed by atoms with E-state index >= 15 is 4.39 Å². The average molecular weight is 622 g/mol. The zero-order valence-corrected chi connectivity index (χ0v) is 24.7. The highest BCUT2D eigenvalue weighted by molar-refractivity contribution is 7.90. The Labute approximate surface area is 247 Å². The minimum Gasteiger partial charge on any atom is -0.490 e. The van der Waals surface area contributed by atoms with Crippen molar-refractivity contribution in [3.8, 4) is 5.75 Å². The highest BCUT2D eigenvalue weighted by Gasteiger charge is 2.35. The summed E-state index contributed by atoms with van der Waals surface area (Å²) in [6.45, 7) is 5.80. The van der Waals surface area contributed by atoms with Crippen LogP contribution >= 0.6 is 11.6 Å². The molecule has 0 bridgehead atoms. The average Bonchev–Trinajstić information content (AvgIpc) is 2.93. The molecular formula is C29H30ClF2N3O6S. The smallest absolute Gasteiger partial charge is 0.410 e. The molecule has 0 aliphatic carbocycles. The molecule has 42 heavy (non-hydrogen) atoms. The minimum atomic E-state index is -4.77. The van der Waals surface area contributed by atoms with Gasteiger partial charge in [-0.25, -0.2) is 26.7 Å². The predicted octanol–water partition coefficient (Wildman–Crippen LogP) is 5.55. The third-order valence-electron chi connectivity index (χ3n) is 6.54. The summed E-state index contributed by atoms with van der Waals surface area (Å²) in [5, 5.41) is 0.557. The Morgan fingerprint density at radius 1 is 1.10 bits per heavy atom. The molecule has 2 atom stereocenters. The molecule has 1 aliphatic heterocycles. The SMILES string of the molecule is CC(C)(C)OC(=O)N1CCC(c2ccc(Cl)cc2)C(COc2cc(F)c(S(=O)(=O)NC(=O)c3ccccn3)cc2F)C1. The quantitative estimate of drug-likeness (QED) is 0.368. The first-order valence-electron chi connectivity index (χ1n) is 13.1. The summed E-state index contributed by atoms with van der Waals surface area (Å²) >= 11 is 6.05. The van der Waals surface area contributed by atoms with E-state index < -0.39 is 49.9 Å². The molecule has 2 aromatic carbocycles. The van der Waals surface area contributed by atoms with Crippen molar-refractivity contribution in [3.63, 3.8) is 0 Å². The first-order valence-corrected chi connectivity index (χ1v) is 14.9. The summed E-state index contributed by atoms with van der Waals surface area (Å²) in [5.74, 6) is -4.54. The second-order valence-corrected chi connectivity index (χ2v) is 12.9. The number of nitrogens with one attached hydrogen (secondary N) is 1. The predicted molar refractivity (Wildman–Crippen MR) is 151 cm³/mol. The fraction of sp³-hybridized carbons (Fsp3) is 0.345. The monoisotopic (exact) mass is 621 g/mol. The van der Waals surface area contributed by atoms with E-state index in [0.29, 0.717) is 30.1 Å². The Morgan fingerprint density at radius 3 is 2.45 bits per heavy atom. The van der Waals surface area contributed by atoms with Gasteiger partial charge in [0.2, 0.25) is 0 Å². The molecule has 1 saturated heterocycles. The fourth-order valence-corrected chi connectivity index (χ4v) is 5.75. The number of piperidine rings is 1. The molecule has 1 aromatic heterocycles. The van der Waals surface area contributed by atoms with Crippen molar-refractivity contribution in [2.45, 2.75) is 43.6 Å². The van der Waals surface area contributed by atoms with Crippen molar-refractivity contribution in [3.05, 3.63) is 88.7 Å². The molecule has 0 spiro atoms. The van der Waals surface area contributed by atoms with Crippen LogP contribution in [0, 0.1) is 17.6 Å². The molecule has 0 radical (unpaired) electrons. The Hall–Kier alpha value is -3.77. The van der Waals surface area contributed by atoms with Crippen LogP contribution in [0.25, 0.3) is 0 Å². The summed E-state index contributed by atoms with van der Waals surface area (Å²) in [6, 6.07) is 12.5. The van der Waals surface area contributed by atoms with Gasteiger partial charge in [-0.05, 0) is 62.9 Å². The van der Waals surface area contributed by atoms with Gasteiger partial charge in [-0.3, -0.25) is 9.78 Å². The number of hydrogen-bond acceptors (Lipinski definition) is 7. The van der Waals surface area contributed by atoms with Crippen molar-refractivity contribution in [1.82, 2.24) is 14.6 Å². The van der Waals surface area contributed by atoms with E-state index in [1.165, 1.54) is 24.4 Å². The zero-order valence-electron chi connectivity index (χ0n) is 23.1. The van der Waals surface area contributed by atoms with Crippen LogP contribution < -0.4 is 9.46 Å². The van der Waals surface area contributed by atoms with Crippen molar-refractivity contribution in [2.24, 2.45) is 5.92 Å². The third-order valence-corrected chi connectivity index (χ3v) is 8.14. The van der Waals surface area contributed by atoms with E-state index in [4.69, 9.17) is 21.1 Å². The van der Waals surface area contributed by atoms with Gasteiger partial charge in [0.05, 0.1) is 6.61 Å². The number of ether oxygens (including phenoxy) is 2. The molecular weight excluding hydrogens is 592 g/mol. The molecule has 3 aromatic rings. The highest BCUT2D eigenvalue weighted by Crippen LogP contribution is 2.35. The van der Waals surface area contributed by atoms with Crippen molar-refractivity contribution < 1.29 is 36.3 Å². The number of nitrogens with zero attached hydrogens (tertiary/aromatic N) is 2. The van der Waals surface area contributed by atoms with Crippen molar-refractivity contribution in [2.75, 3.05) is 19.7 Å². The Balaban J connectivity index is 1.53. The van der Waals surface area contributed by atoms with Crippen LogP contribution in [0.4, 0.5) is 13.6 Å². The number of pyridine rings is 1. The van der Waals surface area contributed by atoms with Crippen LogP contribution in [0.3, 0.4) is 0 Å². The Morgan fingerprint density at radius 2 is 1.81 bits per heavy atom. The summed E-state index contributed by atoms with van der Waals surface area (Å²) in [5.41, 5.74) is 0.0225. The number of aromatic nitrogens is 1. The van der Waals surface area contributed by atoms with Crippen molar-refractivity contribution in [1.29, 1.82) is 0 Å². The first kappa shape index (κ1) is 31.2. The number of amides is 2. The van der Waals surface area contributed by atoms with Gasteiger partial charge in [-0.2, -0.15) is 0 Å². The summed E-state index contributed by atoms with van der Waals surface area (Å²) in [6.07, 6.45) is 1.34. The maximum absolute atomic E-state index is 15.0.